The lowest BCUT2D eigenvalue weighted by atomic mass is 10.0. The second-order valence-corrected chi connectivity index (χ2v) is 6.50. The van der Waals surface area contributed by atoms with E-state index in [-0.39, 0.29) is 17.9 Å². The molecule has 0 saturated carbocycles. The molecule has 0 aromatic carbocycles. The number of carbonyl (C=O) groups excluding carboxylic acids is 1. The highest BCUT2D eigenvalue weighted by Gasteiger charge is 2.34. The summed E-state index contributed by atoms with van der Waals surface area (Å²) in [6.45, 7) is 11.4. The fraction of sp³-hybridized carbons (Fsp3) is 0.933. The van der Waals surface area contributed by atoms with Crippen LogP contribution in [0.25, 0.3) is 0 Å². The van der Waals surface area contributed by atoms with Gasteiger partial charge in [0.05, 0.1) is 19.1 Å². The van der Waals surface area contributed by atoms with Crippen molar-refractivity contribution < 1.29 is 9.53 Å². The number of hydrogen-bond acceptors (Lipinski definition) is 3. The maximum absolute atomic E-state index is 12.5. The number of carbonyl (C=O) groups is 1. The fourth-order valence-corrected chi connectivity index (χ4v) is 2.22. The van der Waals surface area contributed by atoms with Crippen molar-refractivity contribution in [3.8, 4) is 0 Å². The van der Waals surface area contributed by atoms with E-state index in [0.29, 0.717) is 25.0 Å². The van der Waals surface area contributed by atoms with Gasteiger partial charge in [-0.05, 0) is 24.7 Å². The standard InChI is InChI=1S/C15H30N2O2/c1-11(2)5-7-17(8-6-12(3)4)15(18)13-9-19-10-14(13)16/h11-14H,5-10,16H2,1-4H3. The zero-order valence-corrected chi connectivity index (χ0v) is 12.9. The quantitative estimate of drug-likeness (QED) is 0.768. The lowest BCUT2D eigenvalue weighted by Gasteiger charge is -2.28. The van der Waals surface area contributed by atoms with Crippen LogP contribution in [0.15, 0.2) is 0 Å². The first-order valence-electron chi connectivity index (χ1n) is 7.54. The first-order chi connectivity index (χ1) is 8.91. The Labute approximate surface area is 117 Å². The van der Waals surface area contributed by atoms with Crippen molar-refractivity contribution in [3.05, 3.63) is 0 Å². The second-order valence-electron chi connectivity index (χ2n) is 6.50. The Morgan fingerprint density at radius 1 is 1.16 bits per heavy atom. The number of hydrogen-bond donors (Lipinski definition) is 1. The summed E-state index contributed by atoms with van der Waals surface area (Å²) in [7, 11) is 0. The van der Waals surface area contributed by atoms with E-state index in [1.807, 2.05) is 4.90 Å². The topological polar surface area (TPSA) is 55.6 Å². The predicted molar refractivity (Wildman–Crippen MR) is 77.8 cm³/mol. The van der Waals surface area contributed by atoms with Crippen LogP contribution in [0.2, 0.25) is 0 Å². The number of rotatable bonds is 7. The molecule has 2 N–H and O–H groups in total. The molecule has 1 aliphatic rings. The normalized spacial score (nSPS) is 23.3. The molecule has 1 fully saturated rings. The third-order valence-corrected chi connectivity index (χ3v) is 3.71. The molecule has 2 unspecified atom stereocenters. The van der Waals surface area contributed by atoms with Crippen molar-refractivity contribution in [3.63, 3.8) is 0 Å². The summed E-state index contributed by atoms with van der Waals surface area (Å²) in [6, 6.07) is -0.131. The summed E-state index contributed by atoms with van der Waals surface area (Å²) in [6.07, 6.45) is 2.10. The van der Waals surface area contributed by atoms with Gasteiger partial charge in [-0.3, -0.25) is 4.79 Å². The molecular formula is C15H30N2O2. The van der Waals surface area contributed by atoms with Gasteiger partial charge in [-0.15, -0.1) is 0 Å². The molecule has 2 atom stereocenters. The maximum atomic E-state index is 12.5. The Balaban J connectivity index is 2.57. The SMILES string of the molecule is CC(C)CCN(CCC(C)C)C(=O)C1COCC1N. The molecule has 0 bridgehead atoms. The van der Waals surface area contributed by atoms with Crippen LogP contribution < -0.4 is 5.73 Å². The molecular weight excluding hydrogens is 240 g/mol. The molecule has 0 aromatic heterocycles. The average Bonchev–Trinajstić information content (AvgIpc) is 2.74. The Morgan fingerprint density at radius 3 is 2.05 bits per heavy atom. The van der Waals surface area contributed by atoms with Crippen LogP contribution >= 0.6 is 0 Å². The van der Waals surface area contributed by atoms with Gasteiger partial charge < -0.3 is 15.4 Å². The average molecular weight is 270 g/mol. The molecule has 4 heteroatoms. The van der Waals surface area contributed by atoms with Gasteiger partial charge in [0.25, 0.3) is 0 Å². The van der Waals surface area contributed by atoms with Crippen molar-refractivity contribution in [1.82, 2.24) is 4.90 Å². The van der Waals surface area contributed by atoms with Gasteiger partial charge in [0, 0.05) is 19.1 Å². The van der Waals surface area contributed by atoms with Gasteiger partial charge >= 0.3 is 0 Å². The minimum atomic E-state index is -0.140. The number of nitrogens with two attached hydrogens (primary N) is 1. The molecule has 1 amide bonds. The molecule has 1 rings (SSSR count). The second kappa shape index (κ2) is 7.85. The van der Waals surface area contributed by atoms with Crippen LogP contribution in [0.3, 0.4) is 0 Å². The molecule has 4 nitrogen and oxygen atoms in total. The lowest BCUT2D eigenvalue weighted by Crippen LogP contribution is -2.44. The van der Waals surface area contributed by atoms with Gasteiger partial charge in [0.15, 0.2) is 0 Å². The molecule has 0 aromatic rings. The van der Waals surface area contributed by atoms with E-state index in [9.17, 15) is 4.79 Å². The van der Waals surface area contributed by atoms with Crippen molar-refractivity contribution in [2.75, 3.05) is 26.3 Å². The molecule has 112 valence electrons. The molecule has 1 aliphatic heterocycles. The first kappa shape index (κ1) is 16.4. The minimum absolute atomic E-state index is 0.131. The predicted octanol–water partition coefficient (Wildman–Crippen LogP) is 1.88. The van der Waals surface area contributed by atoms with E-state index in [2.05, 4.69) is 27.7 Å². The van der Waals surface area contributed by atoms with Gasteiger partial charge in [-0.1, -0.05) is 27.7 Å². The maximum Gasteiger partial charge on any atom is 0.229 e. The van der Waals surface area contributed by atoms with Crippen molar-refractivity contribution in [1.29, 1.82) is 0 Å². The number of amides is 1. The summed E-state index contributed by atoms with van der Waals surface area (Å²) < 4.78 is 5.32. The van der Waals surface area contributed by atoms with Crippen LogP contribution in [-0.4, -0.2) is 43.2 Å². The third-order valence-electron chi connectivity index (χ3n) is 3.71. The van der Waals surface area contributed by atoms with E-state index in [4.69, 9.17) is 10.5 Å². The number of nitrogens with zero attached hydrogens (tertiary/aromatic N) is 1. The highest BCUT2D eigenvalue weighted by atomic mass is 16.5. The smallest absolute Gasteiger partial charge is 0.229 e. The lowest BCUT2D eigenvalue weighted by molar-refractivity contribution is -0.136. The molecule has 0 spiro atoms. The Kier molecular flexibility index (Phi) is 6.80. The summed E-state index contributed by atoms with van der Waals surface area (Å²) in [5.74, 6) is 1.27. The summed E-state index contributed by atoms with van der Waals surface area (Å²) in [5, 5.41) is 0. The van der Waals surface area contributed by atoms with Crippen LogP contribution in [-0.2, 0) is 9.53 Å². The van der Waals surface area contributed by atoms with Crippen LogP contribution in [0.5, 0.6) is 0 Å². The van der Waals surface area contributed by atoms with Crippen molar-refractivity contribution >= 4 is 5.91 Å². The fourth-order valence-electron chi connectivity index (χ4n) is 2.22. The highest BCUT2D eigenvalue weighted by Crippen LogP contribution is 2.17. The molecule has 0 aliphatic carbocycles. The third kappa shape index (κ3) is 5.49. The van der Waals surface area contributed by atoms with Crippen LogP contribution in [0, 0.1) is 17.8 Å². The summed E-state index contributed by atoms with van der Waals surface area (Å²) in [4.78, 5) is 14.5. The highest BCUT2D eigenvalue weighted by molar-refractivity contribution is 5.80. The van der Waals surface area contributed by atoms with Gasteiger partial charge in [-0.25, -0.2) is 0 Å². The molecule has 1 heterocycles. The zero-order chi connectivity index (χ0) is 14.4. The van der Waals surface area contributed by atoms with E-state index in [1.165, 1.54) is 0 Å². The van der Waals surface area contributed by atoms with E-state index in [1.54, 1.807) is 0 Å². The van der Waals surface area contributed by atoms with Crippen LogP contribution in [0.4, 0.5) is 0 Å². The Hall–Kier alpha value is -0.610. The summed E-state index contributed by atoms with van der Waals surface area (Å²) in [5.41, 5.74) is 5.96. The van der Waals surface area contributed by atoms with Gasteiger partial charge in [0.1, 0.15) is 0 Å². The van der Waals surface area contributed by atoms with E-state index in [0.717, 1.165) is 25.9 Å². The van der Waals surface area contributed by atoms with E-state index >= 15 is 0 Å². The molecule has 19 heavy (non-hydrogen) atoms. The Morgan fingerprint density at radius 2 is 1.68 bits per heavy atom. The minimum Gasteiger partial charge on any atom is -0.379 e. The van der Waals surface area contributed by atoms with E-state index < -0.39 is 0 Å². The first-order valence-corrected chi connectivity index (χ1v) is 7.54. The van der Waals surface area contributed by atoms with Crippen molar-refractivity contribution in [2.45, 2.75) is 46.6 Å². The van der Waals surface area contributed by atoms with Crippen molar-refractivity contribution in [2.24, 2.45) is 23.5 Å². The molecule has 1 saturated heterocycles. The Bertz CT molecular complexity index is 267. The van der Waals surface area contributed by atoms with Crippen LogP contribution in [0.1, 0.15) is 40.5 Å². The monoisotopic (exact) mass is 270 g/mol. The van der Waals surface area contributed by atoms with Gasteiger partial charge in [0.2, 0.25) is 5.91 Å². The molecule has 0 radical (unpaired) electrons. The van der Waals surface area contributed by atoms with Gasteiger partial charge in [-0.2, -0.15) is 0 Å². The largest absolute Gasteiger partial charge is 0.379 e. The number of ether oxygens (including phenoxy) is 1. The zero-order valence-electron chi connectivity index (χ0n) is 12.9. The summed E-state index contributed by atoms with van der Waals surface area (Å²) >= 11 is 0.